The van der Waals surface area contributed by atoms with E-state index >= 15 is 0 Å². The standard InChI is InChI=1S/C13H15N3OS/c1-2-16-11(8-14-15-16)13(17)10-4-3-5-12-9(10)6-7-18-12/h6-8,10H,2-5H2,1H3. The predicted molar refractivity (Wildman–Crippen MR) is 70.0 cm³/mol. The number of thiophene rings is 1. The monoisotopic (exact) mass is 261 g/mol. The average molecular weight is 261 g/mol. The second kappa shape index (κ2) is 4.65. The van der Waals surface area contributed by atoms with Gasteiger partial charge in [-0.25, -0.2) is 4.68 Å². The summed E-state index contributed by atoms with van der Waals surface area (Å²) in [6.45, 7) is 2.66. The first kappa shape index (κ1) is 11.6. The van der Waals surface area contributed by atoms with Gasteiger partial charge >= 0.3 is 0 Å². The van der Waals surface area contributed by atoms with E-state index in [4.69, 9.17) is 0 Å². The summed E-state index contributed by atoms with van der Waals surface area (Å²) in [4.78, 5) is 14.0. The molecule has 18 heavy (non-hydrogen) atoms. The molecule has 0 radical (unpaired) electrons. The number of rotatable bonds is 3. The van der Waals surface area contributed by atoms with Gasteiger partial charge in [0.05, 0.1) is 12.1 Å². The number of hydrogen-bond donors (Lipinski definition) is 0. The molecule has 0 fully saturated rings. The van der Waals surface area contributed by atoms with Crippen LogP contribution in [0.15, 0.2) is 17.6 Å². The lowest BCUT2D eigenvalue weighted by atomic mass is 9.84. The van der Waals surface area contributed by atoms with Crippen molar-refractivity contribution in [2.24, 2.45) is 0 Å². The van der Waals surface area contributed by atoms with E-state index < -0.39 is 0 Å². The van der Waals surface area contributed by atoms with Crippen molar-refractivity contribution >= 4 is 17.1 Å². The molecule has 94 valence electrons. The highest BCUT2D eigenvalue weighted by Crippen LogP contribution is 2.36. The zero-order chi connectivity index (χ0) is 12.5. The van der Waals surface area contributed by atoms with Gasteiger partial charge in [-0.05, 0) is 43.2 Å². The minimum Gasteiger partial charge on any atom is -0.292 e. The molecule has 1 atom stereocenters. The summed E-state index contributed by atoms with van der Waals surface area (Å²) in [5.74, 6) is 0.171. The third-order valence-corrected chi connectivity index (χ3v) is 4.53. The Hall–Kier alpha value is -1.49. The van der Waals surface area contributed by atoms with E-state index in [1.54, 1.807) is 22.2 Å². The molecule has 0 aromatic carbocycles. The van der Waals surface area contributed by atoms with Crippen molar-refractivity contribution in [1.82, 2.24) is 15.0 Å². The molecule has 0 bridgehead atoms. The van der Waals surface area contributed by atoms with Gasteiger partial charge in [-0.1, -0.05) is 5.21 Å². The van der Waals surface area contributed by atoms with Crippen molar-refractivity contribution in [3.05, 3.63) is 33.8 Å². The summed E-state index contributed by atoms with van der Waals surface area (Å²) in [6, 6.07) is 2.10. The first-order valence-corrected chi connectivity index (χ1v) is 7.18. The maximum Gasteiger partial charge on any atom is 0.189 e. The molecule has 2 aromatic heterocycles. The fourth-order valence-corrected chi connectivity index (χ4v) is 3.61. The molecule has 3 rings (SSSR count). The Morgan fingerprint density at radius 1 is 1.61 bits per heavy atom. The fraction of sp³-hybridized carbons (Fsp3) is 0.462. The second-order valence-electron chi connectivity index (χ2n) is 4.54. The highest BCUT2D eigenvalue weighted by molar-refractivity contribution is 7.10. The van der Waals surface area contributed by atoms with Crippen molar-refractivity contribution in [3.63, 3.8) is 0 Å². The summed E-state index contributed by atoms with van der Waals surface area (Å²) < 4.78 is 1.68. The molecule has 2 aromatic rings. The summed E-state index contributed by atoms with van der Waals surface area (Å²) in [7, 11) is 0. The van der Waals surface area contributed by atoms with E-state index in [-0.39, 0.29) is 11.7 Å². The quantitative estimate of drug-likeness (QED) is 0.798. The molecule has 0 saturated heterocycles. The number of ketones is 1. The van der Waals surface area contributed by atoms with E-state index in [0.717, 1.165) is 19.3 Å². The normalized spacial score (nSPS) is 18.6. The van der Waals surface area contributed by atoms with Gasteiger partial charge in [-0.3, -0.25) is 4.79 Å². The Kier molecular flexibility index (Phi) is 2.99. The van der Waals surface area contributed by atoms with Gasteiger partial charge in [0, 0.05) is 11.4 Å². The van der Waals surface area contributed by atoms with Gasteiger partial charge in [0.25, 0.3) is 0 Å². The molecule has 0 aliphatic heterocycles. The van der Waals surface area contributed by atoms with Gasteiger partial charge in [0.1, 0.15) is 5.69 Å². The van der Waals surface area contributed by atoms with Gasteiger partial charge in [0.15, 0.2) is 5.78 Å². The van der Waals surface area contributed by atoms with Crippen molar-refractivity contribution in [2.45, 2.75) is 38.6 Å². The summed E-state index contributed by atoms with van der Waals surface area (Å²) in [5.41, 5.74) is 1.86. The lowest BCUT2D eigenvalue weighted by Gasteiger charge is -2.21. The van der Waals surface area contributed by atoms with Crippen LogP contribution in [0.4, 0.5) is 0 Å². The Morgan fingerprint density at radius 3 is 3.33 bits per heavy atom. The molecule has 0 N–H and O–H groups in total. The van der Waals surface area contributed by atoms with E-state index in [9.17, 15) is 4.79 Å². The third kappa shape index (κ3) is 1.79. The van der Waals surface area contributed by atoms with E-state index in [0.29, 0.717) is 12.2 Å². The van der Waals surface area contributed by atoms with E-state index in [1.807, 2.05) is 6.92 Å². The first-order chi connectivity index (χ1) is 8.81. The van der Waals surface area contributed by atoms with Crippen LogP contribution in [0.25, 0.3) is 0 Å². The van der Waals surface area contributed by atoms with Crippen LogP contribution in [0.5, 0.6) is 0 Å². The van der Waals surface area contributed by atoms with Crippen molar-refractivity contribution < 1.29 is 4.79 Å². The Morgan fingerprint density at radius 2 is 2.50 bits per heavy atom. The zero-order valence-electron chi connectivity index (χ0n) is 10.3. The van der Waals surface area contributed by atoms with Crippen LogP contribution in [0.3, 0.4) is 0 Å². The largest absolute Gasteiger partial charge is 0.292 e. The molecule has 4 nitrogen and oxygen atoms in total. The van der Waals surface area contributed by atoms with Gasteiger partial charge < -0.3 is 0 Å². The van der Waals surface area contributed by atoms with Crippen LogP contribution < -0.4 is 0 Å². The topological polar surface area (TPSA) is 47.8 Å². The molecule has 0 amide bonds. The van der Waals surface area contributed by atoms with Crippen molar-refractivity contribution in [1.29, 1.82) is 0 Å². The van der Waals surface area contributed by atoms with Gasteiger partial charge in [-0.15, -0.1) is 16.4 Å². The van der Waals surface area contributed by atoms with E-state index in [1.165, 1.54) is 10.4 Å². The minimum absolute atomic E-state index is 0.00352. The lowest BCUT2D eigenvalue weighted by molar-refractivity contribution is 0.0940. The Balaban J connectivity index is 1.95. The molecule has 0 spiro atoms. The van der Waals surface area contributed by atoms with Crippen molar-refractivity contribution in [2.75, 3.05) is 0 Å². The van der Waals surface area contributed by atoms with Crippen LogP contribution in [0.2, 0.25) is 0 Å². The molecule has 5 heteroatoms. The molecule has 1 aliphatic rings. The predicted octanol–water partition coefficient (Wildman–Crippen LogP) is 2.66. The molecule has 0 saturated carbocycles. The van der Waals surface area contributed by atoms with Gasteiger partial charge in [-0.2, -0.15) is 0 Å². The first-order valence-electron chi connectivity index (χ1n) is 6.30. The number of carbonyl (C=O) groups excluding carboxylic acids is 1. The van der Waals surface area contributed by atoms with Crippen LogP contribution >= 0.6 is 11.3 Å². The fourth-order valence-electron chi connectivity index (χ4n) is 2.62. The highest BCUT2D eigenvalue weighted by atomic mass is 32.1. The Labute approximate surface area is 110 Å². The number of aryl methyl sites for hydroxylation is 2. The molecule has 2 heterocycles. The average Bonchev–Trinajstić information content (AvgIpc) is 3.05. The minimum atomic E-state index is 0.00352. The highest BCUT2D eigenvalue weighted by Gasteiger charge is 2.29. The molecule has 1 unspecified atom stereocenters. The zero-order valence-corrected chi connectivity index (χ0v) is 11.1. The summed E-state index contributed by atoms with van der Waals surface area (Å²) >= 11 is 1.76. The smallest absolute Gasteiger partial charge is 0.189 e. The maximum absolute atomic E-state index is 12.6. The summed E-state index contributed by atoms with van der Waals surface area (Å²) in [5, 5.41) is 9.88. The number of aromatic nitrogens is 3. The third-order valence-electron chi connectivity index (χ3n) is 3.54. The maximum atomic E-state index is 12.6. The van der Waals surface area contributed by atoms with Crippen LogP contribution in [-0.4, -0.2) is 20.8 Å². The van der Waals surface area contributed by atoms with Crippen LogP contribution in [-0.2, 0) is 13.0 Å². The number of Topliss-reactive ketones (excluding diaryl/α,β-unsaturated/α-hetero) is 1. The number of nitrogens with zero attached hydrogens (tertiary/aromatic N) is 3. The number of fused-ring (bicyclic) bond motifs is 1. The van der Waals surface area contributed by atoms with Gasteiger partial charge in [0.2, 0.25) is 0 Å². The number of carbonyl (C=O) groups is 1. The Bertz CT molecular complexity index is 572. The molecular formula is C13H15N3OS. The lowest BCUT2D eigenvalue weighted by Crippen LogP contribution is -2.20. The summed E-state index contributed by atoms with van der Waals surface area (Å²) in [6.07, 6.45) is 4.74. The SMILES string of the molecule is CCn1nncc1C(=O)C1CCCc2sccc21. The van der Waals surface area contributed by atoms with Crippen molar-refractivity contribution in [3.8, 4) is 0 Å². The van der Waals surface area contributed by atoms with Crippen LogP contribution in [0.1, 0.15) is 46.6 Å². The second-order valence-corrected chi connectivity index (χ2v) is 5.54. The van der Waals surface area contributed by atoms with Crippen LogP contribution in [0, 0.1) is 0 Å². The molecule has 1 aliphatic carbocycles. The van der Waals surface area contributed by atoms with E-state index in [2.05, 4.69) is 21.8 Å². The molecular weight excluding hydrogens is 246 g/mol. The number of hydrogen-bond acceptors (Lipinski definition) is 4.